The van der Waals surface area contributed by atoms with Crippen LogP contribution in [-0.4, -0.2) is 29.6 Å². The Morgan fingerprint density at radius 2 is 2.13 bits per heavy atom. The molecule has 2 rings (SSSR count). The molecule has 2 fully saturated rings. The highest BCUT2D eigenvalue weighted by molar-refractivity contribution is 5.84. The molecule has 15 heavy (non-hydrogen) atoms. The molecule has 2 aliphatic rings. The van der Waals surface area contributed by atoms with Crippen LogP contribution in [0.2, 0.25) is 0 Å². The third-order valence-corrected chi connectivity index (χ3v) is 3.70. The Morgan fingerprint density at radius 3 is 2.60 bits per heavy atom. The van der Waals surface area contributed by atoms with Gasteiger partial charge in [-0.25, -0.2) is 0 Å². The van der Waals surface area contributed by atoms with Crippen molar-refractivity contribution in [2.24, 2.45) is 11.3 Å². The minimum atomic E-state index is -0.000231. The lowest BCUT2D eigenvalue weighted by atomic mass is 10.1. The van der Waals surface area contributed by atoms with Crippen LogP contribution < -0.4 is 5.32 Å². The number of hydrogen-bond acceptors (Lipinski definition) is 2. The quantitative estimate of drug-likeness (QED) is 0.767. The lowest BCUT2D eigenvalue weighted by Gasteiger charge is -2.29. The monoisotopic (exact) mass is 210 g/mol. The fourth-order valence-electron chi connectivity index (χ4n) is 2.31. The van der Waals surface area contributed by atoms with E-state index in [9.17, 15) is 4.79 Å². The van der Waals surface area contributed by atoms with E-state index in [0.29, 0.717) is 11.3 Å². The van der Waals surface area contributed by atoms with Gasteiger partial charge in [0.2, 0.25) is 5.91 Å². The number of hydrogen-bond donors (Lipinski definition) is 1. The largest absolute Gasteiger partial charge is 0.325 e. The van der Waals surface area contributed by atoms with Crippen LogP contribution in [0.5, 0.6) is 0 Å². The molecule has 3 nitrogen and oxygen atoms in total. The molecule has 1 saturated heterocycles. The summed E-state index contributed by atoms with van der Waals surface area (Å²) < 4.78 is 0. The highest BCUT2D eigenvalue weighted by Gasteiger charge is 2.45. The summed E-state index contributed by atoms with van der Waals surface area (Å²) in [5.74, 6) is 0.767. The molecule has 2 atom stereocenters. The molecular weight excluding hydrogens is 188 g/mol. The Kier molecular flexibility index (Phi) is 2.53. The molecule has 1 heterocycles. The summed E-state index contributed by atoms with van der Waals surface area (Å²) in [6.07, 6.45) is 2.79. The summed E-state index contributed by atoms with van der Waals surface area (Å²) in [5.41, 5.74) is 0.411. The van der Waals surface area contributed by atoms with E-state index >= 15 is 0 Å². The summed E-state index contributed by atoms with van der Waals surface area (Å²) in [7, 11) is 0. The molecule has 86 valence electrons. The number of carbonyl (C=O) groups excluding carboxylic acids is 1. The average molecular weight is 210 g/mol. The molecule has 2 unspecified atom stereocenters. The highest BCUT2D eigenvalue weighted by atomic mass is 16.2. The van der Waals surface area contributed by atoms with Gasteiger partial charge in [-0.05, 0) is 31.1 Å². The molecule has 0 bridgehead atoms. The summed E-state index contributed by atoms with van der Waals surface area (Å²) in [6, 6.07) is -0.000231. The number of carbonyl (C=O) groups is 1. The number of nitrogens with zero attached hydrogens (tertiary/aromatic N) is 1. The van der Waals surface area contributed by atoms with Crippen molar-refractivity contribution in [1.82, 2.24) is 10.2 Å². The normalized spacial score (nSPS) is 33.9. The first-order valence-corrected chi connectivity index (χ1v) is 5.99. The van der Waals surface area contributed by atoms with Crippen LogP contribution in [0.15, 0.2) is 0 Å². The molecular formula is C12H22N2O. The molecule has 0 aromatic rings. The zero-order valence-electron chi connectivity index (χ0n) is 10.2. The third kappa shape index (κ3) is 2.03. The van der Waals surface area contributed by atoms with Crippen LogP contribution in [0.25, 0.3) is 0 Å². The van der Waals surface area contributed by atoms with Gasteiger partial charge in [-0.1, -0.05) is 20.8 Å². The fraction of sp³-hybridized carbons (Fsp3) is 0.917. The molecule has 1 aliphatic heterocycles. The van der Waals surface area contributed by atoms with Crippen molar-refractivity contribution in [3.05, 3.63) is 0 Å². The second-order valence-electron chi connectivity index (χ2n) is 5.85. The van der Waals surface area contributed by atoms with Gasteiger partial charge in [0.1, 0.15) is 0 Å². The number of rotatable bonds is 3. The maximum Gasteiger partial charge on any atom is 0.240 e. The van der Waals surface area contributed by atoms with Gasteiger partial charge in [-0.3, -0.25) is 10.1 Å². The third-order valence-electron chi connectivity index (χ3n) is 3.70. The van der Waals surface area contributed by atoms with Gasteiger partial charge in [-0.15, -0.1) is 0 Å². The molecule has 3 heteroatoms. The smallest absolute Gasteiger partial charge is 0.240 e. The maximum absolute atomic E-state index is 12.0. The summed E-state index contributed by atoms with van der Waals surface area (Å²) >= 11 is 0. The molecule has 1 saturated carbocycles. The van der Waals surface area contributed by atoms with Crippen LogP contribution >= 0.6 is 0 Å². The minimum Gasteiger partial charge on any atom is -0.325 e. The van der Waals surface area contributed by atoms with Crippen molar-refractivity contribution in [3.8, 4) is 0 Å². The van der Waals surface area contributed by atoms with Gasteiger partial charge < -0.3 is 4.90 Å². The van der Waals surface area contributed by atoms with E-state index in [1.165, 1.54) is 12.8 Å². The van der Waals surface area contributed by atoms with Gasteiger partial charge in [0.25, 0.3) is 0 Å². The van der Waals surface area contributed by atoms with Crippen LogP contribution in [0.3, 0.4) is 0 Å². The van der Waals surface area contributed by atoms with E-state index in [4.69, 9.17) is 0 Å². The summed E-state index contributed by atoms with van der Waals surface area (Å²) in [6.45, 7) is 9.52. The maximum atomic E-state index is 12.0. The Balaban J connectivity index is 2.08. The van der Waals surface area contributed by atoms with E-state index in [2.05, 4.69) is 31.0 Å². The molecule has 1 aliphatic carbocycles. The zero-order valence-corrected chi connectivity index (χ0v) is 10.2. The lowest BCUT2D eigenvalue weighted by molar-refractivity contribution is -0.131. The SMILES string of the molecule is CC1NC(C(C)C)N(CC2(C)CC2)C1=O. The van der Waals surface area contributed by atoms with Crippen LogP contribution in [0.4, 0.5) is 0 Å². The Morgan fingerprint density at radius 1 is 1.53 bits per heavy atom. The molecule has 1 N–H and O–H groups in total. The van der Waals surface area contributed by atoms with Crippen molar-refractivity contribution in [3.63, 3.8) is 0 Å². The van der Waals surface area contributed by atoms with E-state index in [0.717, 1.165) is 6.54 Å². The van der Waals surface area contributed by atoms with E-state index < -0.39 is 0 Å². The summed E-state index contributed by atoms with van der Waals surface area (Å²) in [4.78, 5) is 14.0. The van der Waals surface area contributed by atoms with Crippen LogP contribution in [0.1, 0.15) is 40.5 Å². The average Bonchev–Trinajstić information content (AvgIpc) is 2.81. The fourth-order valence-corrected chi connectivity index (χ4v) is 2.31. The van der Waals surface area contributed by atoms with Gasteiger partial charge in [0, 0.05) is 6.54 Å². The van der Waals surface area contributed by atoms with Gasteiger partial charge in [0.05, 0.1) is 12.2 Å². The topological polar surface area (TPSA) is 32.3 Å². The first-order chi connectivity index (χ1) is 6.93. The van der Waals surface area contributed by atoms with Crippen molar-refractivity contribution in [1.29, 1.82) is 0 Å². The van der Waals surface area contributed by atoms with E-state index in [-0.39, 0.29) is 18.1 Å². The second-order valence-corrected chi connectivity index (χ2v) is 5.85. The molecule has 1 amide bonds. The van der Waals surface area contributed by atoms with Crippen molar-refractivity contribution >= 4 is 5.91 Å². The minimum absolute atomic E-state index is 0.000231. The second kappa shape index (κ2) is 3.48. The van der Waals surface area contributed by atoms with Crippen LogP contribution in [0, 0.1) is 11.3 Å². The van der Waals surface area contributed by atoms with Crippen molar-refractivity contribution in [2.75, 3.05) is 6.54 Å². The molecule has 0 radical (unpaired) electrons. The number of amides is 1. The standard InChI is InChI=1S/C12H22N2O/c1-8(2)10-13-9(3)11(15)14(10)7-12(4)5-6-12/h8-10,13H,5-7H2,1-4H3. The predicted octanol–water partition coefficient (Wildman–Crippen LogP) is 1.59. The van der Waals surface area contributed by atoms with Crippen molar-refractivity contribution < 1.29 is 4.79 Å². The molecule has 0 spiro atoms. The van der Waals surface area contributed by atoms with Gasteiger partial charge >= 0.3 is 0 Å². The zero-order chi connectivity index (χ0) is 11.2. The molecule has 0 aromatic carbocycles. The Hall–Kier alpha value is -0.570. The first kappa shape index (κ1) is 10.9. The summed E-state index contributed by atoms with van der Waals surface area (Å²) in [5, 5.41) is 3.38. The van der Waals surface area contributed by atoms with Crippen molar-refractivity contribution in [2.45, 2.75) is 52.7 Å². The highest BCUT2D eigenvalue weighted by Crippen LogP contribution is 2.46. The number of nitrogens with one attached hydrogen (secondary N) is 1. The van der Waals surface area contributed by atoms with E-state index in [1.54, 1.807) is 0 Å². The van der Waals surface area contributed by atoms with Gasteiger partial charge in [-0.2, -0.15) is 0 Å². The molecule has 0 aromatic heterocycles. The Bertz CT molecular complexity index is 271. The van der Waals surface area contributed by atoms with Gasteiger partial charge in [0.15, 0.2) is 0 Å². The van der Waals surface area contributed by atoms with E-state index in [1.807, 2.05) is 6.92 Å². The Labute approximate surface area is 92.2 Å². The first-order valence-electron chi connectivity index (χ1n) is 5.99. The lowest BCUT2D eigenvalue weighted by Crippen LogP contribution is -2.43. The predicted molar refractivity (Wildman–Crippen MR) is 60.3 cm³/mol. The van der Waals surface area contributed by atoms with Crippen LogP contribution in [-0.2, 0) is 4.79 Å².